The summed E-state index contributed by atoms with van der Waals surface area (Å²) in [5.41, 5.74) is 9.57. The molecule has 27 heavy (non-hydrogen) atoms. The lowest BCUT2D eigenvalue weighted by atomic mass is 10.1. The third-order valence-corrected chi connectivity index (χ3v) is 4.74. The minimum absolute atomic E-state index is 0.457. The lowest BCUT2D eigenvalue weighted by molar-refractivity contribution is 0.481. The predicted octanol–water partition coefficient (Wildman–Crippen LogP) is 3.65. The molecule has 0 spiro atoms. The van der Waals surface area contributed by atoms with Crippen LogP contribution in [0.25, 0.3) is 11.4 Å². The van der Waals surface area contributed by atoms with E-state index in [-0.39, 0.29) is 0 Å². The standard InChI is InChI=1S/C19H20N6OS/c1-12-10-16(14(20)11-15(12)23-18-21-8-5-9-22-18)26-19-24-17(25-27-19)13-6-3-2-4-7-13/h2-4,6-7,10-11H,5,8-9,20H2,1H3,(H2,21,22,23). The van der Waals surface area contributed by atoms with Crippen LogP contribution in [-0.2, 0) is 0 Å². The highest BCUT2D eigenvalue weighted by Crippen LogP contribution is 2.34. The highest BCUT2D eigenvalue weighted by Gasteiger charge is 2.13. The van der Waals surface area contributed by atoms with Crippen molar-refractivity contribution < 1.29 is 4.74 Å². The van der Waals surface area contributed by atoms with E-state index in [4.69, 9.17) is 10.5 Å². The van der Waals surface area contributed by atoms with E-state index in [2.05, 4.69) is 25.0 Å². The lowest BCUT2D eigenvalue weighted by Crippen LogP contribution is -2.35. The van der Waals surface area contributed by atoms with Crippen LogP contribution in [-0.4, -0.2) is 28.4 Å². The summed E-state index contributed by atoms with van der Waals surface area (Å²) in [4.78, 5) is 8.87. The van der Waals surface area contributed by atoms with Crippen molar-refractivity contribution >= 4 is 28.9 Å². The fourth-order valence-corrected chi connectivity index (χ4v) is 3.28. The van der Waals surface area contributed by atoms with Gasteiger partial charge < -0.3 is 21.1 Å². The number of hydrogen-bond acceptors (Lipinski definition) is 8. The fraction of sp³-hybridized carbons (Fsp3) is 0.211. The molecule has 3 aromatic rings. The summed E-state index contributed by atoms with van der Waals surface area (Å²) in [7, 11) is 0. The van der Waals surface area contributed by atoms with Crippen molar-refractivity contribution in [2.45, 2.75) is 13.3 Å². The van der Waals surface area contributed by atoms with Gasteiger partial charge in [0.2, 0.25) is 0 Å². The maximum Gasteiger partial charge on any atom is 0.299 e. The maximum absolute atomic E-state index is 6.19. The Labute approximate surface area is 161 Å². The lowest BCUT2D eigenvalue weighted by Gasteiger charge is -2.18. The second kappa shape index (κ2) is 7.63. The van der Waals surface area contributed by atoms with E-state index in [1.54, 1.807) is 0 Å². The number of aryl methyl sites for hydroxylation is 1. The summed E-state index contributed by atoms with van der Waals surface area (Å²) in [6, 6.07) is 13.5. The van der Waals surface area contributed by atoms with E-state index in [0.29, 0.717) is 22.5 Å². The van der Waals surface area contributed by atoms with E-state index in [1.165, 1.54) is 11.5 Å². The van der Waals surface area contributed by atoms with Crippen molar-refractivity contribution in [3.8, 4) is 22.3 Å². The van der Waals surface area contributed by atoms with Crippen molar-refractivity contribution in [3.63, 3.8) is 0 Å². The van der Waals surface area contributed by atoms with Crippen molar-refractivity contribution in [2.24, 2.45) is 4.99 Å². The number of hydrogen-bond donors (Lipinski definition) is 3. The van der Waals surface area contributed by atoms with E-state index in [1.807, 2.05) is 49.4 Å². The molecule has 0 saturated heterocycles. The number of aromatic nitrogens is 2. The molecule has 138 valence electrons. The van der Waals surface area contributed by atoms with Gasteiger partial charge in [-0.2, -0.15) is 9.36 Å². The maximum atomic E-state index is 6.19. The smallest absolute Gasteiger partial charge is 0.299 e. The molecule has 0 radical (unpaired) electrons. The van der Waals surface area contributed by atoms with Crippen molar-refractivity contribution in [2.75, 3.05) is 24.1 Å². The average Bonchev–Trinajstić information content (AvgIpc) is 3.16. The van der Waals surface area contributed by atoms with Crippen LogP contribution in [0.1, 0.15) is 12.0 Å². The summed E-state index contributed by atoms with van der Waals surface area (Å²) >= 11 is 1.20. The van der Waals surface area contributed by atoms with E-state index >= 15 is 0 Å². The fourth-order valence-electron chi connectivity index (χ4n) is 2.71. The van der Waals surface area contributed by atoms with Gasteiger partial charge in [0.25, 0.3) is 5.19 Å². The summed E-state index contributed by atoms with van der Waals surface area (Å²) in [6.07, 6.45) is 1.05. The first-order chi connectivity index (χ1) is 13.2. The number of aliphatic imine (C=N–C) groups is 1. The summed E-state index contributed by atoms with van der Waals surface area (Å²) in [5, 5.41) is 6.98. The zero-order valence-electron chi connectivity index (χ0n) is 14.9. The zero-order valence-corrected chi connectivity index (χ0v) is 15.7. The van der Waals surface area contributed by atoms with Crippen LogP contribution in [0.15, 0.2) is 47.5 Å². The largest absolute Gasteiger partial charge is 0.428 e. The molecule has 4 N–H and O–H groups in total. The molecular weight excluding hydrogens is 360 g/mol. The number of guanidine groups is 1. The molecule has 0 fully saturated rings. The molecule has 0 unspecified atom stereocenters. The van der Waals surface area contributed by atoms with Gasteiger partial charge in [0.15, 0.2) is 17.5 Å². The molecule has 0 saturated carbocycles. The number of nitrogens with two attached hydrogens (primary N) is 1. The molecule has 4 rings (SSSR count). The number of nitrogen functional groups attached to an aromatic ring is 1. The molecule has 1 aliphatic rings. The van der Waals surface area contributed by atoms with E-state index in [9.17, 15) is 0 Å². The molecule has 0 amide bonds. The van der Waals surface area contributed by atoms with Crippen LogP contribution < -0.4 is 21.1 Å². The third kappa shape index (κ3) is 4.01. The molecule has 0 bridgehead atoms. The van der Waals surface area contributed by atoms with Crippen molar-refractivity contribution in [1.82, 2.24) is 14.7 Å². The third-order valence-electron chi connectivity index (χ3n) is 4.14. The molecule has 1 aromatic heterocycles. The first kappa shape index (κ1) is 17.3. The molecule has 2 heterocycles. The molecule has 2 aromatic carbocycles. The van der Waals surface area contributed by atoms with Gasteiger partial charge in [0.1, 0.15) is 0 Å². The SMILES string of the molecule is Cc1cc(Oc2nc(-c3ccccc3)ns2)c(N)cc1NC1=NCCCN1. The number of ether oxygens (including phenoxy) is 1. The molecule has 7 nitrogen and oxygen atoms in total. The van der Waals surface area contributed by atoms with Gasteiger partial charge in [-0.25, -0.2) is 0 Å². The van der Waals surface area contributed by atoms with Crippen LogP contribution >= 0.6 is 11.5 Å². The number of rotatable bonds is 4. The Morgan fingerprint density at radius 3 is 2.85 bits per heavy atom. The molecule has 0 aliphatic carbocycles. The topological polar surface area (TPSA) is 97.5 Å². The predicted molar refractivity (Wildman–Crippen MR) is 110 cm³/mol. The Morgan fingerprint density at radius 2 is 2.07 bits per heavy atom. The van der Waals surface area contributed by atoms with Crippen LogP contribution in [0.5, 0.6) is 10.9 Å². The van der Waals surface area contributed by atoms with Crippen LogP contribution in [0.4, 0.5) is 11.4 Å². The zero-order chi connectivity index (χ0) is 18.6. The van der Waals surface area contributed by atoms with Gasteiger partial charge in [-0.1, -0.05) is 30.3 Å². The summed E-state index contributed by atoms with van der Waals surface area (Å²) < 4.78 is 10.2. The second-order valence-corrected chi connectivity index (χ2v) is 6.91. The number of nitrogens with one attached hydrogen (secondary N) is 2. The summed E-state index contributed by atoms with van der Waals surface area (Å²) in [5.74, 6) is 1.98. The average molecular weight is 380 g/mol. The Bertz CT molecular complexity index is 970. The first-order valence-electron chi connectivity index (χ1n) is 8.71. The number of nitrogens with zero attached hydrogens (tertiary/aromatic N) is 3. The van der Waals surface area contributed by atoms with E-state index < -0.39 is 0 Å². The van der Waals surface area contributed by atoms with Crippen LogP contribution in [0.2, 0.25) is 0 Å². The molecule has 8 heteroatoms. The van der Waals surface area contributed by atoms with Crippen LogP contribution in [0, 0.1) is 6.92 Å². The highest BCUT2D eigenvalue weighted by atomic mass is 32.1. The monoisotopic (exact) mass is 380 g/mol. The first-order valence-corrected chi connectivity index (χ1v) is 9.49. The second-order valence-electron chi connectivity index (χ2n) is 6.19. The van der Waals surface area contributed by atoms with Gasteiger partial charge in [-0.3, -0.25) is 4.99 Å². The van der Waals surface area contributed by atoms with E-state index in [0.717, 1.165) is 42.3 Å². The molecule has 0 atom stereocenters. The summed E-state index contributed by atoms with van der Waals surface area (Å²) in [6.45, 7) is 3.74. The Balaban J connectivity index is 1.52. The van der Waals surface area contributed by atoms with Gasteiger partial charge in [-0.15, -0.1) is 0 Å². The molecule has 1 aliphatic heterocycles. The van der Waals surface area contributed by atoms with Gasteiger partial charge in [0.05, 0.1) is 5.69 Å². The van der Waals surface area contributed by atoms with Crippen molar-refractivity contribution in [3.05, 3.63) is 48.0 Å². The molecular formula is C19H20N6OS. The van der Waals surface area contributed by atoms with Gasteiger partial charge in [-0.05, 0) is 31.0 Å². The van der Waals surface area contributed by atoms with Gasteiger partial charge in [0, 0.05) is 35.9 Å². The normalized spacial score (nSPS) is 13.6. The Hall–Kier alpha value is -3.13. The Kier molecular flexibility index (Phi) is 4.88. The minimum Gasteiger partial charge on any atom is -0.428 e. The van der Waals surface area contributed by atoms with Crippen LogP contribution in [0.3, 0.4) is 0 Å². The van der Waals surface area contributed by atoms with Crippen molar-refractivity contribution in [1.29, 1.82) is 0 Å². The number of benzene rings is 2. The minimum atomic E-state index is 0.457. The van der Waals surface area contributed by atoms with Gasteiger partial charge >= 0.3 is 0 Å². The quantitative estimate of drug-likeness (QED) is 0.598. The number of anilines is 2. The highest BCUT2D eigenvalue weighted by molar-refractivity contribution is 7.07. The Morgan fingerprint density at radius 1 is 1.22 bits per heavy atom.